The summed E-state index contributed by atoms with van der Waals surface area (Å²) in [6.45, 7) is 3.67. The molecule has 0 saturated carbocycles. The summed E-state index contributed by atoms with van der Waals surface area (Å²) in [6, 6.07) is 0. The molecule has 6 heteroatoms. The summed E-state index contributed by atoms with van der Waals surface area (Å²) in [5.74, 6) is -4.78. The van der Waals surface area contributed by atoms with Gasteiger partial charge in [0, 0.05) is 5.57 Å². The van der Waals surface area contributed by atoms with Gasteiger partial charge >= 0.3 is 12.1 Å². The van der Waals surface area contributed by atoms with Crippen molar-refractivity contribution >= 4 is 0 Å². The van der Waals surface area contributed by atoms with E-state index in [1.807, 2.05) is 0 Å². The maximum absolute atomic E-state index is 12.8. The smallest absolute Gasteiger partial charge is 0.372 e. The van der Waals surface area contributed by atoms with Crippen molar-refractivity contribution in [2.24, 2.45) is 0 Å². The van der Waals surface area contributed by atoms with Crippen LogP contribution in [0, 0.1) is 6.61 Å². The van der Waals surface area contributed by atoms with Gasteiger partial charge in [0.1, 0.15) is 0 Å². The highest BCUT2D eigenvalue weighted by Crippen LogP contribution is 2.42. The first kappa shape index (κ1) is 14.3. The summed E-state index contributed by atoms with van der Waals surface area (Å²) in [5.41, 5.74) is -0.975. The van der Waals surface area contributed by atoms with Gasteiger partial charge in [0.2, 0.25) is 0 Å². The van der Waals surface area contributed by atoms with Crippen LogP contribution in [-0.2, 0) is 4.74 Å². The van der Waals surface area contributed by atoms with Crippen LogP contribution in [-0.4, -0.2) is 18.7 Å². The first-order valence-corrected chi connectivity index (χ1v) is 4.30. The van der Waals surface area contributed by atoms with Crippen LogP contribution in [0.5, 0.6) is 0 Å². The summed E-state index contributed by atoms with van der Waals surface area (Å²) < 4.78 is 65.9. The Labute approximate surface area is 84.9 Å². The average molecular weight is 231 g/mol. The van der Waals surface area contributed by atoms with Crippen LogP contribution in [0.2, 0.25) is 0 Å². The topological polar surface area (TPSA) is 9.23 Å². The van der Waals surface area contributed by atoms with Crippen molar-refractivity contribution in [3.8, 4) is 0 Å². The Bertz CT molecular complexity index is 219. The quantitative estimate of drug-likeness (QED) is 0.398. The molecule has 0 atom stereocenters. The highest BCUT2D eigenvalue weighted by atomic mass is 19.4. The zero-order valence-electron chi connectivity index (χ0n) is 8.37. The molecule has 0 saturated heterocycles. The number of halogens is 5. The fraction of sp³-hybridized carbons (Fsp3) is 0.667. The van der Waals surface area contributed by atoms with Gasteiger partial charge < -0.3 is 4.74 Å². The van der Waals surface area contributed by atoms with Gasteiger partial charge in [-0.15, -0.1) is 0 Å². The van der Waals surface area contributed by atoms with Crippen molar-refractivity contribution in [1.29, 1.82) is 0 Å². The highest BCUT2D eigenvalue weighted by Gasteiger charge is 2.59. The Hall–Kier alpha value is -0.650. The molecule has 0 unspecified atom stereocenters. The molecule has 89 valence electrons. The van der Waals surface area contributed by atoms with E-state index < -0.39 is 17.7 Å². The lowest BCUT2D eigenvalue weighted by Crippen LogP contribution is -2.38. The van der Waals surface area contributed by atoms with E-state index in [-0.39, 0.29) is 13.0 Å². The Morgan fingerprint density at radius 3 is 2.07 bits per heavy atom. The number of hydrogen-bond acceptors (Lipinski definition) is 1. The van der Waals surface area contributed by atoms with Crippen LogP contribution in [0.1, 0.15) is 20.3 Å². The third-order valence-electron chi connectivity index (χ3n) is 1.73. The van der Waals surface area contributed by atoms with Gasteiger partial charge in [-0.3, -0.25) is 0 Å². The lowest BCUT2D eigenvalue weighted by Gasteiger charge is -2.21. The molecule has 0 aromatic carbocycles. The van der Waals surface area contributed by atoms with Crippen LogP contribution < -0.4 is 0 Å². The maximum Gasteiger partial charge on any atom is 0.457 e. The van der Waals surface area contributed by atoms with E-state index in [0.717, 1.165) is 6.08 Å². The van der Waals surface area contributed by atoms with Gasteiger partial charge in [-0.2, -0.15) is 22.0 Å². The van der Waals surface area contributed by atoms with Crippen molar-refractivity contribution < 1.29 is 26.7 Å². The lowest BCUT2D eigenvalue weighted by molar-refractivity contribution is -0.265. The molecule has 1 nitrogen and oxygen atoms in total. The predicted molar refractivity (Wildman–Crippen MR) is 45.3 cm³/mol. The molecule has 0 aliphatic carbocycles. The molecule has 0 amide bonds. The minimum atomic E-state index is -5.55. The predicted octanol–water partition coefficient (Wildman–Crippen LogP) is 3.72. The van der Waals surface area contributed by atoms with E-state index in [2.05, 4.69) is 4.74 Å². The van der Waals surface area contributed by atoms with E-state index in [9.17, 15) is 22.0 Å². The molecular formula is C9H12F5O. The second kappa shape index (κ2) is 5.44. The Kier molecular flexibility index (Phi) is 5.20. The van der Waals surface area contributed by atoms with E-state index >= 15 is 0 Å². The molecule has 0 aliphatic rings. The fourth-order valence-corrected chi connectivity index (χ4v) is 0.922. The lowest BCUT2D eigenvalue weighted by atomic mass is 10.1. The molecule has 0 rings (SSSR count). The van der Waals surface area contributed by atoms with E-state index in [0.29, 0.717) is 0 Å². The summed E-state index contributed by atoms with van der Waals surface area (Å²) >= 11 is 0. The molecule has 15 heavy (non-hydrogen) atoms. The number of allylic oxidation sites excluding steroid dienone is 1. The largest absolute Gasteiger partial charge is 0.457 e. The molecule has 0 N–H and O–H groups in total. The number of ether oxygens (including phenoxy) is 1. The van der Waals surface area contributed by atoms with Crippen LogP contribution in [0.4, 0.5) is 22.0 Å². The fourth-order valence-electron chi connectivity index (χ4n) is 0.922. The first-order valence-electron chi connectivity index (χ1n) is 4.30. The van der Waals surface area contributed by atoms with Crippen molar-refractivity contribution in [3.63, 3.8) is 0 Å². The van der Waals surface area contributed by atoms with E-state index in [4.69, 9.17) is 0 Å². The van der Waals surface area contributed by atoms with E-state index in [1.165, 1.54) is 20.5 Å². The van der Waals surface area contributed by atoms with Crippen molar-refractivity contribution in [3.05, 3.63) is 18.3 Å². The van der Waals surface area contributed by atoms with Crippen LogP contribution in [0.25, 0.3) is 0 Å². The highest BCUT2D eigenvalue weighted by molar-refractivity contribution is 5.15. The van der Waals surface area contributed by atoms with Crippen molar-refractivity contribution in [2.75, 3.05) is 6.61 Å². The van der Waals surface area contributed by atoms with Crippen LogP contribution in [0.15, 0.2) is 11.6 Å². The average Bonchev–Trinajstić information content (AvgIpc) is 2.10. The van der Waals surface area contributed by atoms with Gasteiger partial charge in [0.25, 0.3) is 0 Å². The van der Waals surface area contributed by atoms with Crippen molar-refractivity contribution in [1.82, 2.24) is 0 Å². The SMILES string of the molecule is C[CH]OC/C=C(\CC)C(F)(F)C(F)(F)F. The van der Waals surface area contributed by atoms with Gasteiger partial charge in [0.05, 0.1) is 13.2 Å². The minimum Gasteiger partial charge on any atom is -0.372 e. The monoisotopic (exact) mass is 231 g/mol. The summed E-state index contributed by atoms with van der Waals surface area (Å²) in [7, 11) is 0. The third-order valence-corrected chi connectivity index (χ3v) is 1.73. The van der Waals surface area contributed by atoms with E-state index in [1.54, 1.807) is 0 Å². The summed E-state index contributed by atoms with van der Waals surface area (Å²) in [6.07, 6.45) is -5.17. The minimum absolute atomic E-state index is 0.286. The van der Waals surface area contributed by atoms with Gasteiger partial charge in [0.15, 0.2) is 0 Å². The van der Waals surface area contributed by atoms with Gasteiger partial charge in [-0.1, -0.05) is 13.0 Å². The molecule has 0 heterocycles. The number of rotatable bonds is 5. The molecular weight excluding hydrogens is 219 g/mol. The molecule has 0 spiro atoms. The molecule has 1 radical (unpaired) electrons. The Balaban J connectivity index is 4.72. The molecule has 0 aliphatic heterocycles. The zero-order valence-corrected chi connectivity index (χ0v) is 8.37. The second-order valence-corrected chi connectivity index (χ2v) is 2.72. The molecule has 0 aromatic rings. The Morgan fingerprint density at radius 1 is 1.20 bits per heavy atom. The first-order chi connectivity index (χ1) is 6.77. The second-order valence-electron chi connectivity index (χ2n) is 2.72. The normalized spacial score (nSPS) is 14.5. The standard InChI is InChI=1S/C9H12F5O/c1-3-7(5-6-15-4-2)8(10,11)9(12,13)14/h4-5H,3,6H2,1-2H3/b7-5+. The molecule has 0 bridgehead atoms. The molecule has 0 fully saturated rings. The number of hydrogen-bond donors (Lipinski definition) is 0. The van der Waals surface area contributed by atoms with Gasteiger partial charge in [-0.25, -0.2) is 0 Å². The van der Waals surface area contributed by atoms with Crippen LogP contribution in [0.3, 0.4) is 0 Å². The third kappa shape index (κ3) is 3.77. The van der Waals surface area contributed by atoms with Gasteiger partial charge in [-0.05, 0) is 13.3 Å². The maximum atomic E-state index is 12.8. The summed E-state index contributed by atoms with van der Waals surface area (Å²) in [4.78, 5) is 0. The molecule has 0 aromatic heterocycles. The summed E-state index contributed by atoms with van der Waals surface area (Å²) in [5, 5.41) is 0. The van der Waals surface area contributed by atoms with Crippen LogP contribution >= 0.6 is 0 Å². The zero-order chi connectivity index (χ0) is 12.1. The Morgan fingerprint density at radius 2 is 1.73 bits per heavy atom. The number of alkyl halides is 5. The van der Waals surface area contributed by atoms with Crippen molar-refractivity contribution in [2.45, 2.75) is 32.4 Å².